The molecule has 8 nitrogen and oxygen atoms in total. The fourth-order valence-electron chi connectivity index (χ4n) is 1.49. The number of hydrogen-bond donors (Lipinski definition) is 4. The number of ether oxygens (including phenoxy) is 1. The van der Waals surface area contributed by atoms with Crippen molar-refractivity contribution in [3.8, 4) is 0 Å². The first-order valence-electron chi connectivity index (χ1n) is 5.64. The summed E-state index contributed by atoms with van der Waals surface area (Å²) in [6, 6.07) is 0. The third-order valence-electron chi connectivity index (χ3n) is 2.37. The van der Waals surface area contributed by atoms with E-state index in [0.717, 1.165) is 0 Å². The number of β-amino-alcohol motifs (C(OH)–C–C–N with tert-alkyl or cyclic N) is 1. The van der Waals surface area contributed by atoms with Crippen molar-refractivity contribution in [3.05, 3.63) is 0 Å². The standard InChI is InChI=1S/C9H19N3O5S/c1-7(2)17-8(13)12-18(15,16)11-6-9(14)3-4-10-5-9/h7,10-11,14H,3-6H2,1-2H3,(H,12,13). The molecule has 1 heterocycles. The van der Waals surface area contributed by atoms with Crippen LogP contribution in [0.25, 0.3) is 0 Å². The van der Waals surface area contributed by atoms with Crippen LogP contribution >= 0.6 is 0 Å². The van der Waals surface area contributed by atoms with E-state index in [0.29, 0.717) is 19.5 Å². The Morgan fingerprint density at radius 1 is 1.56 bits per heavy atom. The van der Waals surface area contributed by atoms with Crippen molar-refractivity contribution in [2.45, 2.75) is 32.0 Å². The Bertz CT molecular complexity index is 389. The van der Waals surface area contributed by atoms with Crippen LogP contribution in [0, 0.1) is 0 Å². The molecule has 0 aromatic carbocycles. The van der Waals surface area contributed by atoms with E-state index in [1.54, 1.807) is 18.6 Å². The van der Waals surface area contributed by atoms with Gasteiger partial charge in [0.25, 0.3) is 0 Å². The predicted molar refractivity (Wildman–Crippen MR) is 64.1 cm³/mol. The van der Waals surface area contributed by atoms with Crippen LogP contribution < -0.4 is 14.8 Å². The highest BCUT2D eigenvalue weighted by atomic mass is 32.2. The van der Waals surface area contributed by atoms with Crippen LogP contribution in [0.3, 0.4) is 0 Å². The SMILES string of the molecule is CC(C)OC(=O)NS(=O)(=O)NCC1(O)CCNC1. The molecule has 0 aromatic rings. The Morgan fingerprint density at radius 3 is 2.72 bits per heavy atom. The van der Waals surface area contributed by atoms with Gasteiger partial charge >= 0.3 is 16.3 Å². The highest BCUT2D eigenvalue weighted by Gasteiger charge is 2.32. The van der Waals surface area contributed by atoms with Crippen molar-refractivity contribution in [3.63, 3.8) is 0 Å². The Labute approximate surface area is 106 Å². The number of carbonyl (C=O) groups excluding carboxylic acids is 1. The molecule has 0 aliphatic carbocycles. The summed E-state index contributed by atoms with van der Waals surface area (Å²) in [4.78, 5) is 11.1. The predicted octanol–water partition coefficient (Wildman–Crippen LogP) is -1.32. The van der Waals surface area contributed by atoms with E-state index in [1.807, 2.05) is 0 Å². The molecule has 0 aromatic heterocycles. The van der Waals surface area contributed by atoms with Gasteiger partial charge < -0.3 is 15.2 Å². The minimum absolute atomic E-state index is 0.162. The monoisotopic (exact) mass is 281 g/mol. The Balaban J connectivity index is 2.42. The Kier molecular flexibility index (Phi) is 4.91. The molecule has 0 saturated carbocycles. The summed E-state index contributed by atoms with van der Waals surface area (Å²) >= 11 is 0. The van der Waals surface area contributed by atoms with Gasteiger partial charge in [0.05, 0.1) is 11.7 Å². The number of nitrogens with one attached hydrogen (secondary N) is 3. The lowest BCUT2D eigenvalue weighted by Crippen LogP contribution is -2.49. The molecule has 1 saturated heterocycles. The molecule has 18 heavy (non-hydrogen) atoms. The largest absolute Gasteiger partial charge is 0.446 e. The highest BCUT2D eigenvalue weighted by Crippen LogP contribution is 2.12. The average Bonchev–Trinajstić information content (AvgIpc) is 2.61. The smallest absolute Gasteiger partial charge is 0.422 e. The molecule has 0 spiro atoms. The van der Waals surface area contributed by atoms with Crippen LogP contribution in [0.5, 0.6) is 0 Å². The summed E-state index contributed by atoms with van der Waals surface area (Å²) in [7, 11) is -4.01. The van der Waals surface area contributed by atoms with E-state index in [1.165, 1.54) is 0 Å². The van der Waals surface area contributed by atoms with Gasteiger partial charge in [0.1, 0.15) is 0 Å². The Morgan fingerprint density at radius 2 is 2.22 bits per heavy atom. The summed E-state index contributed by atoms with van der Waals surface area (Å²) in [5.74, 6) is 0. The van der Waals surface area contributed by atoms with Gasteiger partial charge in [-0.3, -0.25) is 0 Å². The number of aliphatic hydroxyl groups is 1. The first kappa shape index (κ1) is 15.2. The molecule has 1 aliphatic rings. The molecule has 0 bridgehead atoms. The maximum atomic E-state index is 11.5. The van der Waals surface area contributed by atoms with Gasteiger partial charge in [-0.15, -0.1) is 0 Å². The zero-order chi connectivity index (χ0) is 13.8. The van der Waals surface area contributed by atoms with Gasteiger partial charge in [-0.1, -0.05) is 0 Å². The summed E-state index contributed by atoms with van der Waals surface area (Å²) in [5.41, 5.74) is -1.11. The summed E-state index contributed by atoms with van der Waals surface area (Å²) in [6.07, 6.45) is -1.01. The topological polar surface area (TPSA) is 117 Å². The Hall–Kier alpha value is -0.900. The average molecular weight is 281 g/mol. The molecule has 1 fully saturated rings. The van der Waals surface area contributed by atoms with Crippen LogP contribution in [0.2, 0.25) is 0 Å². The van der Waals surface area contributed by atoms with Crippen LogP contribution in [0.1, 0.15) is 20.3 Å². The fourth-order valence-corrected chi connectivity index (χ4v) is 2.29. The van der Waals surface area contributed by atoms with E-state index >= 15 is 0 Å². The van der Waals surface area contributed by atoms with Crippen molar-refractivity contribution in [2.24, 2.45) is 0 Å². The molecule has 1 aliphatic heterocycles. The van der Waals surface area contributed by atoms with E-state index < -0.39 is 28.0 Å². The lowest BCUT2D eigenvalue weighted by molar-refractivity contribution is 0.0665. The van der Waals surface area contributed by atoms with Crippen LogP contribution in [0.15, 0.2) is 0 Å². The van der Waals surface area contributed by atoms with Crippen molar-refractivity contribution in [1.29, 1.82) is 0 Å². The van der Waals surface area contributed by atoms with Gasteiger partial charge in [0.15, 0.2) is 0 Å². The second-order valence-corrected chi connectivity index (χ2v) is 6.03. The van der Waals surface area contributed by atoms with E-state index in [4.69, 9.17) is 0 Å². The molecule has 106 valence electrons. The quantitative estimate of drug-likeness (QED) is 0.496. The molecule has 1 unspecified atom stereocenters. The highest BCUT2D eigenvalue weighted by molar-refractivity contribution is 7.88. The van der Waals surface area contributed by atoms with Crippen molar-refractivity contribution in [2.75, 3.05) is 19.6 Å². The normalized spacial score (nSPS) is 24.2. The van der Waals surface area contributed by atoms with Crippen molar-refractivity contribution < 1.29 is 23.1 Å². The third-order valence-corrected chi connectivity index (χ3v) is 3.33. The minimum atomic E-state index is -4.01. The van der Waals surface area contributed by atoms with Gasteiger partial charge in [-0.2, -0.15) is 13.1 Å². The molecule has 1 rings (SSSR count). The second-order valence-electron chi connectivity index (χ2n) is 4.53. The van der Waals surface area contributed by atoms with Gasteiger partial charge in [0, 0.05) is 13.1 Å². The minimum Gasteiger partial charge on any atom is -0.446 e. The van der Waals surface area contributed by atoms with E-state index in [2.05, 4.69) is 14.8 Å². The maximum Gasteiger partial charge on any atom is 0.422 e. The van der Waals surface area contributed by atoms with E-state index in [9.17, 15) is 18.3 Å². The second kappa shape index (κ2) is 5.83. The fraction of sp³-hybridized carbons (Fsp3) is 0.889. The lowest BCUT2D eigenvalue weighted by Gasteiger charge is -2.21. The number of hydrogen-bond acceptors (Lipinski definition) is 6. The third kappa shape index (κ3) is 5.17. The summed E-state index contributed by atoms with van der Waals surface area (Å²) in [6.45, 7) is 3.98. The first-order chi connectivity index (χ1) is 8.22. The van der Waals surface area contributed by atoms with Crippen LogP contribution in [-0.4, -0.2) is 51.0 Å². The molecular weight excluding hydrogens is 262 g/mol. The van der Waals surface area contributed by atoms with Crippen LogP contribution in [0.4, 0.5) is 4.79 Å². The van der Waals surface area contributed by atoms with Gasteiger partial charge in [-0.05, 0) is 26.8 Å². The van der Waals surface area contributed by atoms with E-state index in [-0.39, 0.29) is 6.54 Å². The molecule has 1 amide bonds. The molecular formula is C9H19N3O5S. The van der Waals surface area contributed by atoms with Crippen LogP contribution in [-0.2, 0) is 14.9 Å². The first-order valence-corrected chi connectivity index (χ1v) is 7.12. The number of rotatable bonds is 5. The molecule has 1 atom stereocenters. The summed E-state index contributed by atoms with van der Waals surface area (Å²) < 4.78 is 31.4. The number of amides is 1. The molecule has 0 radical (unpaired) electrons. The van der Waals surface area contributed by atoms with Gasteiger partial charge in [0.2, 0.25) is 0 Å². The maximum absolute atomic E-state index is 11.5. The van der Waals surface area contributed by atoms with Crippen molar-refractivity contribution >= 4 is 16.3 Å². The lowest BCUT2D eigenvalue weighted by atomic mass is 10.1. The van der Waals surface area contributed by atoms with Crippen molar-refractivity contribution in [1.82, 2.24) is 14.8 Å². The zero-order valence-electron chi connectivity index (χ0n) is 10.4. The zero-order valence-corrected chi connectivity index (χ0v) is 11.2. The summed E-state index contributed by atoms with van der Waals surface area (Å²) in [5, 5.41) is 12.8. The molecule has 4 N–H and O–H groups in total. The number of carbonyl (C=O) groups is 1. The van der Waals surface area contributed by atoms with Gasteiger partial charge in [-0.25, -0.2) is 9.52 Å². The molecule has 9 heteroatoms.